The Labute approximate surface area is 222 Å². The molecular weight excluding hydrogens is 513 g/mol. The Morgan fingerprint density at radius 2 is 2.18 bits per heavy atom. The maximum atomic E-state index is 14.5. The summed E-state index contributed by atoms with van der Waals surface area (Å²) in [4.78, 5) is 23.2. The smallest absolute Gasteiger partial charge is 0.244 e. The third-order valence-corrected chi connectivity index (χ3v) is 6.50. The first-order valence-electron chi connectivity index (χ1n) is 11.9. The number of fused-ring (bicyclic) bond motifs is 1. The molecule has 38 heavy (non-hydrogen) atoms. The van der Waals surface area contributed by atoms with Crippen LogP contribution >= 0.6 is 11.6 Å². The van der Waals surface area contributed by atoms with Gasteiger partial charge in [0.1, 0.15) is 30.9 Å². The number of methoxy groups -OCH3 is 1. The monoisotopic (exact) mass is 535 g/mol. The van der Waals surface area contributed by atoms with Gasteiger partial charge < -0.3 is 19.7 Å². The number of anilines is 2. The summed E-state index contributed by atoms with van der Waals surface area (Å²) >= 11 is 5.93. The van der Waals surface area contributed by atoms with Gasteiger partial charge in [-0.15, -0.1) is 0 Å². The van der Waals surface area contributed by atoms with Crippen molar-refractivity contribution in [2.75, 3.05) is 25.5 Å². The second-order valence-electron chi connectivity index (χ2n) is 8.73. The van der Waals surface area contributed by atoms with Crippen LogP contribution in [0.1, 0.15) is 18.4 Å². The molecule has 0 bridgehead atoms. The van der Waals surface area contributed by atoms with Gasteiger partial charge in [0.15, 0.2) is 17.3 Å². The van der Waals surface area contributed by atoms with Crippen molar-refractivity contribution in [1.29, 1.82) is 5.26 Å². The fraction of sp³-hybridized carbons (Fsp3) is 0.269. The molecule has 1 aliphatic heterocycles. The molecule has 194 valence electrons. The second-order valence-corrected chi connectivity index (χ2v) is 9.14. The highest BCUT2D eigenvalue weighted by molar-refractivity contribution is 6.31. The molecule has 4 aromatic rings. The van der Waals surface area contributed by atoms with Crippen LogP contribution in [0, 0.1) is 17.1 Å². The van der Waals surface area contributed by atoms with E-state index in [0.717, 1.165) is 12.8 Å². The molecule has 1 aliphatic rings. The number of ether oxygens (including phenoxy) is 2. The number of nitrogens with one attached hydrogen (secondary N) is 1. The highest BCUT2D eigenvalue weighted by Gasteiger charge is 2.26. The highest BCUT2D eigenvalue weighted by Crippen LogP contribution is 2.36. The van der Waals surface area contributed by atoms with Crippen LogP contribution in [-0.4, -0.2) is 56.9 Å². The molecule has 1 fully saturated rings. The molecule has 2 aromatic heterocycles. The number of carbonyl (C=O) groups is 1. The summed E-state index contributed by atoms with van der Waals surface area (Å²) in [5, 5.41) is 16.6. The van der Waals surface area contributed by atoms with Crippen LogP contribution in [0.15, 0.2) is 49.1 Å². The van der Waals surface area contributed by atoms with Gasteiger partial charge in [0.25, 0.3) is 0 Å². The van der Waals surface area contributed by atoms with E-state index in [0.29, 0.717) is 46.9 Å². The van der Waals surface area contributed by atoms with Gasteiger partial charge >= 0.3 is 0 Å². The molecule has 5 rings (SSSR count). The van der Waals surface area contributed by atoms with E-state index in [-0.39, 0.29) is 29.3 Å². The molecule has 2 aromatic carbocycles. The van der Waals surface area contributed by atoms with Crippen LogP contribution in [0.25, 0.3) is 10.9 Å². The number of piperidine rings is 1. The molecule has 1 saturated heterocycles. The lowest BCUT2D eigenvalue weighted by molar-refractivity contribution is -0.134. The fourth-order valence-electron chi connectivity index (χ4n) is 4.33. The number of benzene rings is 2. The first-order chi connectivity index (χ1) is 18.4. The molecule has 1 atom stereocenters. The van der Waals surface area contributed by atoms with Gasteiger partial charge in [0.2, 0.25) is 5.91 Å². The molecule has 0 saturated carbocycles. The third-order valence-electron chi connectivity index (χ3n) is 6.21. The van der Waals surface area contributed by atoms with Crippen molar-refractivity contribution in [3.8, 4) is 17.6 Å². The van der Waals surface area contributed by atoms with Crippen molar-refractivity contribution in [2.45, 2.75) is 25.5 Å². The van der Waals surface area contributed by atoms with Gasteiger partial charge in [-0.05, 0) is 31.0 Å². The molecule has 0 unspecified atom stereocenters. The Bertz CT molecular complexity index is 1540. The summed E-state index contributed by atoms with van der Waals surface area (Å²) in [5.41, 5.74) is 1.15. The number of hydrogen-bond donors (Lipinski definition) is 1. The Morgan fingerprint density at radius 3 is 2.97 bits per heavy atom. The maximum Gasteiger partial charge on any atom is 0.244 e. The van der Waals surface area contributed by atoms with Crippen molar-refractivity contribution in [3.63, 3.8) is 0 Å². The number of aromatic nitrogens is 4. The largest absolute Gasteiger partial charge is 0.493 e. The Kier molecular flexibility index (Phi) is 7.24. The van der Waals surface area contributed by atoms with Crippen LogP contribution in [0.4, 0.5) is 15.9 Å². The molecule has 1 N–H and O–H groups in total. The first kappa shape index (κ1) is 25.2. The van der Waals surface area contributed by atoms with E-state index in [1.54, 1.807) is 35.4 Å². The summed E-state index contributed by atoms with van der Waals surface area (Å²) in [7, 11) is 1.53. The van der Waals surface area contributed by atoms with E-state index in [2.05, 4.69) is 20.4 Å². The fourth-order valence-corrected chi connectivity index (χ4v) is 4.50. The number of halogens is 2. The van der Waals surface area contributed by atoms with E-state index >= 15 is 0 Å². The van der Waals surface area contributed by atoms with Gasteiger partial charge in [0, 0.05) is 24.2 Å². The summed E-state index contributed by atoms with van der Waals surface area (Å²) < 4.78 is 27.8. The minimum Gasteiger partial charge on any atom is -0.493 e. The minimum absolute atomic E-state index is 0.00601. The van der Waals surface area contributed by atoms with E-state index in [9.17, 15) is 9.18 Å². The van der Waals surface area contributed by atoms with E-state index < -0.39 is 5.82 Å². The van der Waals surface area contributed by atoms with Crippen molar-refractivity contribution in [2.24, 2.45) is 0 Å². The standard InChI is InChI=1S/C26H23ClFN7O3/c1-37-22-9-21-18(26(31-15-30-21)33-20-6-2-5-19(27)25(20)28)8-23(22)38-17-4-3-7-34(13-17)24(36)14-35-12-16(10-29)11-32-35/h2,5-6,8-9,11-12,15,17H,3-4,7,13-14H2,1H3,(H,30,31,33)/t17-/m1/s1. The second kappa shape index (κ2) is 10.9. The molecule has 3 heterocycles. The van der Waals surface area contributed by atoms with Gasteiger partial charge in [-0.3, -0.25) is 9.48 Å². The lowest BCUT2D eigenvalue weighted by Gasteiger charge is -2.33. The number of carbonyl (C=O) groups excluding carboxylic acids is 1. The average Bonchev–Trinajstić information content (AvgIpc) is 3.39. The normalized spacial score (nSPS) is 15.2. The number of amides is 1. The summed E-state index contributed by atoms with van der Waals surface area (Å²) in [6, 6.07) is 10.1. The zero-order valence-corrected chi connectivity index (χ0v) is 21.2. The summed E-state index contributed by atoms with van der Waals surface area (Å²) in [5.74, 6) is 0.603. The van der Waals surface area contributed by atoms with Crippen LogP contribution in [0.2, 0.25) is 5.02 Å². The van der Waals surface area contributed by atoms with Crippen molar-refractivity contribution in [1.82, 2.24) is 24.6 Å². The zero-order chi connectivity index (χ0) is 26.6. The first-order valence-corrected chi connectivity index (χ1v) is 12.2. The maximum absolute atomic E-state index is 14.5. The number of rotatable bonds is 7. The van der Waals surface area contributed by atoms with E-state index in [4.69, 9.17) is 26.3 Å². The number of nitriles is 1. The van der Waals surface area contributed by atoms with E-state index in [1.165, 1.54) is 30.4 Å². The minimum atomic E-state index is -0.586. The van der Waals surface area contributed by atoms with Gasteiger partial charge in [-0.25, -0.2) is 14.4 Å². The zero-order valence-electron chi connectivity index (χ0n) is 20.4. The molecule has 0 radical (unpaired) electrons. The molecule has 12 heteroatoms. The topological polar surface area (TPSA) is 118 Å². The van der Waals surface area contributed by atoms with Crippen molar-refractivity contribution < 1.29 is 18.7 Å². The van der Waals surface area contributed by atoms with Crippen molar-refractivity contribution >= 4 is 39.9 Å². The Hall–Kier alpha value is -4.43. The summed E-state index contributed by atoms with van der Waals surface area (Å²) in [6.45, 7) is 1.03. The van der Waals surface area contributed by atoms with Gasteiger partial charge in [0.05, 0.1) is 41.6 Å². The molecular formula is C26H23ClFN7O3. The van der Waals surface area contributed by atoms with Crippen LogP contribution < -0.4 is 14.8 Å². The Morgan fingerprint density at radius 1 is 1.32 bits per heavy atom. The predicted octanol–water partition coefficient (Wildman–Crippen LogP) is 4.31. The van der Waals surface area contributed by atoms with Gasteiger partial charge in [-0.1, -0.05) is 17.7 Å². The van der Waals surface area contributed by atoms with Gasteiger partial charge in [-0.2, -0.15) is 10.4 Å². The van der Waals surface area contributed by atoms with Crippen LogP contribution in [0.5, 0.6) is 11.5 Å². The van der Waals surface area contributed by atoms with Crippen molar-refractivity contribution in [3.05, 3.63) is 65.5 Å². The average molecular weight is 536 g/mol. The number of hydrogen-bond acceptors (Lipinski definition) is 8. The highest BCUT2D eigenvalue weighted by atomic mass is 35.5. The molecule has 1 amide bonds. The predicted molar refractivity (Wildman–Crippen MR) is 138 cm³/mol. The number of nitrogens with zero attached hydrogens (tertiary/aromatic N) is 6. The summed E-state index contributed by atoms with van der Waals surface area (Å²) in [6.07, 6.45) is 5.57. The SMILES string of the molecule is COc1cc2ncnc(Nc3cccc(Cl)c3F)c2cc1O[C@@H]1CCCN(C(=O)Cn2cc(C#N)cn2)C1. The van der Waals surface area contributed by atoms with E-state index in [1.807, 2.05) is 6.07 Å². The molecule has 0 aliphatic carbocycles. The van der Waals surface area contributed by atoms with Crippen LogP contribution in [0.3, 0.4) is 0 Å². The molecule has 0 spiro atoms. The molecule has 10 nitrogen and oxygen atoms in total. The quantitative estimate of drug-likeness (QED) is 0.372. The van der Waals surface area contributed by atoms with Crippen LogP contribution in [-0.2, 0) is 11.3 Å². The lowest BCUT2D eigenvalue weighted by Crippen LogP contribution is -2.45. The third kappa shape index (κ3) is 5.31. The lowest BCUT2D eigenvalue weighted by atomic mass is 10.1. The number of likely N-dealkylation sites (tertiary alicyclic amines) is 1. The Balaban J connectivity index is 1.36.